The first kappa shape index (κ1) is 37.7. The Morgan fingerprint density at radius 2 is 1.78 bits per heavy atom. The van der Waals surface area contributed by atoms with E-state index < -0.39 is 29.2 Å². The number of methoxy groups -OCH3 is 1. The topological polar surface area (TPSA) is 226 Å². The second-order valence-electron chi connectivity index (χ2n) is 10.8. The third-order valence-electron chi connectivity index (χ3n) is 7.31. The molecule has 1 atom stereocenters. The number of amidine groups is 1. The largest absolute Gasteiger partial charge is 0.542 e. The molecule has 2 aromatic heterocycles. The maximum atomic E-state index is 14.0. The fourth-order valence-electron chi connectivity index (χ4n) is 4.64. The number of hydrazine groups is 1. The zero-order chi connectivity index (χ0) is 36.6. The average Bonchev–Trinajstić information content (AvgIpc) is 3.69. The summed E-state index contributed by atoms with van der Waals surface area (Å²) in [4.78, 5) is 46.3. The number of carbonyl (C=O) groups excluding carboxylic acids is 3. The SMILES string of the molecule is COc1cc(C(=O)c2c(-c3ccco3)oc3c(OC(=O)C([NH3+])CCCCC(=N)N[N+](=O)[O-])c(C)ccc23)cc(C)c1C.O=C([O-])C(F)(F)F. The summed E-state index contributed by atoms with van der Waals surface area (Å²) in [7, 11) is 1.55. The van der Waals surface area contributed by atoms with Crippen molar-refractivity contribution in [2.24, 2.45) is 0 Å². The zero-order valence-electron chi connectivity index (χ0n) is 26.8. The van der Waals surface area contributed by atoms with E-state index in [1.807, 2.05) is 13.8 Å². The molecular weight excluding hydrogens is 657 g/mol. The van der Waals surface area contributed by atoms with Gasteiger partial charge in [0, 0.05) is 23.8 Å². The lowest BCUT2D eigenvalue weighted by atomic mass is 9.95. The summed E-state index contributed by atoms with van der Waals surface area (Å²) in [6.07, 6.45) is -2.22. The number of ether oxygens (including phenoxy) is 2. The summed E-state index contributed by atoms with van der Waals surface area (Å²) in [6.45, 7) is 5.58. The number of unbranched alkanes of at least 4 members (excludes halogenated alkanes) is 1. The Bertz CT molecular complexity index is 1870. The summed E-state index contributed by atoms with van der Waals surface area (Å²) >= 11 is 0. The molecule has 0 spiro atoms. The van der Waals surface area contributed by atoms with Crippen LogP contribution in [-0.2, 0) is 9.59 Å². The molecule has 14 nitrogen and oxygen atoms in total. The number of fused-ring (bicyclic) bond motifs is 1. The van der Waals surface area contributed by atoms with Gasteiger partial charge in [0.25, 0.3) is 0 Å². The lowest BCUT2D eigenvalue weighted by Gasteiger charge is -2.11. The molecule has 1 unspecified atom stereocenters. The van der Waals surface area contributed by atoms with Crippen LogP contribution in [0.5, 0.6) is 11.5 Å². The molecule has 2 aromatic carbocycles. The number of nitrogens with zero attached hydrogens (tertiary/aromatic N) is 1. The standard InChI is InChI=1S/C30H32N4O8.C2HF3O2/c1-16-11-12-20-25(26(35)19-14-17(2)18(3)23(15-19)39-4)29(22-9-7-13-40-22)41-28(20)27(16)42-30(36)21(31)8-5-6-10-24(32)33-34(37)38;3-2(4,5)1(6)7/h7,9,11-15,21H,5-6,8,10,31H2,1-4H3,(H2,32,33);(H,6,7). The quantitative estimate of drug-likeness (QED) is 0.0281. The number of hydrogen-bond acceptors (Lipinski definition) is 11. The molecule has 0 fully saturated rings. The predicted octanol–water partition coefficient (Wildman–Crippen LogP) is 3.99. The lowest BCUT2D eigenvalue weighted by Crippen LogP contribution is -2.65. The fourth-order valence-corrected chi connectivity index (χ4v) is 4.64. The summed E-state index contributed by atoms with van der Waals surface area (Å²) in [5.41, 5.74) is 9.04. The molecule has 17 heteroatoms. The van der Waals surface area contributed by atoms with Gasteiger partial charge in [-0.2, -0.15) is 13.2 Å². The van der Waals surface area contributed by atoms with Gasteiger partial charge in [0.2, 0.25) is 0 Å². The van der Waals surface area contributed by atoms with Crippen molar-refractivity contribution in [1.82, 2.24) is 5.43 Å². The number of esters is 1. The van der Waals surface area contributed by atoms with Gasteiger partial charge in [-0.1, -0.05) is 11.5 Å². The first-order valence-corrected chi connectivity index (χ1v) is 14.6. The van der Waals surface area contributed by atoms with Gasteiger partial charge in [0.05, 0.1) is 18.9 Å². The number of carbonyl (C=O) groups is 3. The van der Waals surface area contributed by atoms with Crippen molar-refractivity contribution in [3.8, 4) is 23.0 Å². The summed E-state index contributed by atoms with van der Waals surface area (Å²) in [5, 5.41) is 26.4. The van der Waals surface area contributed by atoms with Crippen LogP contribution in [0.3, 0.4) is 0 Å². The molecule has 0 aliphatic rings. The number of aliphatic carboxylic acids is 1. The fraction of sp³-hybridized carbons (Fsp3) is 0.312. The summed E-state index contributed by atoms with van der Waals surface area (Å²) in [6, 6.07) is 9.61. The highest BCUT2D eigenvalue weighted by atomic mass is 19.4. The normalized spacial score (nSPS) is 11.7. The number of ketones is 1. The van der Waals surface area contributed by atoms with Crippen LogP contribution in [0.4, 0.5) is 13.2 Å². The number of carboxylic acids is 1. The highest BCUT2D eigenvalue weighted by molar-refractivity contribution is 6.20. The minimum atomic E-state index is -5.19. The monoisotopic (exact) mass is 690 g/mol. The second kappa shape index (κ2) is 15.9. The number of nitro groups is 1. The number of furan rings is 2. The van der Waals surface area contributed by atoms with Crippen molar-refractivity contribution < 1.29 is 61.7 Å². The number of hydrogen-bond donors (Lipinski definition) is 3. The molecule has 0 saturated heterocycles. The van der Waals surface area contributed by atoms with Gasteiger partial charge < -0.3 is 33.9 Å². The Kier molecular flexibility index (Phi) is 12.3. The third-order valence-corrected chi connectivity index (χ3v) is 7.31. The van der Waals surface area contributed by atoms with Gasteiger partial charge in [-0.25, -0.2) is 14.9 Å². The molecule has 0 bridgehead atoms. The first-order chi connectivity index (χ1) is 23.0. The predicted molar refractivity (Wildman–Crippen MR) is 164 cm³/mol. The van der Waals surface area contributed by atoms with Gasteiger partial charge in [-0.05, 0) is 80.6 Å². The van der Waals surface area contributed by atoms with Crippen LogP contribution in [0.25, 0.3) is 22.5 Å². The minimum absolute atomic E-state index is 0.173. The van der Waals surface area contributed by atoms with Crippen molar-refractivity contribution in [3.05, 3.63) is 80.6 Å². The van der Waals surface area contributed by atoms with Gasteiger partial charge in [-0.3, -0.25) is 10.2 Å². The zero-order valence-corrected chi connectivity index (χ0v) is 26.8. The number of alkyl halides is 3. The number of quaternary nitrogens is 1. The Morgan fingerprint density at radius 3 is 2.35 bits per heavy atom. The van der Waals surface area contributed by atoms with Gasteiger partial charge in [0.15, 0.2) is 45.5 Å². The molecule has 0 aliphatic heterocycles. The van der Waals surface area contributed by atoms with Gasteiger partial charge >= 0.3 is 12.1 Å². The first-order valence-electron chi connectivity index (χ1n) is 14.6. The lowest BCUT2D eigenvalue weighted by molar-refractivity contribution is -0.525. The molecule has 0 aliphatic carbocycles. The Balaban J connectivity index is 0.000000838. The van der Waals surface area contributed by atoms with Crippen LogP contribution >= 0.6 is 0 Å². The van der Waals surface area contributed by atoms with E-state index in [9.17, 15) is 32.9 Å². The number of halogens is 3. The van der Waals surface area contributed by atoms with Crippen molar-refractivity contribution in [2.75, 3.05) is 7.11 Å². The van der Waals surface area contributed by atoms with Crippen molar-refractivity contribution in [2.45, 2.75) is 58.7 Å². The molecule has 2 heterocycles. The van der Waals surface area contributed by atoms with E-state index in [2.05, 4.69) is 5.73 Å². The summed E-state index contributed by atoms with van der Waals surface area (Å²) in [5.74, 6) is -2.81. The average molecular weight is 691 g/mol. The number of carboxylic acid groups (broad SMARTS) is 1. The summed E-state index contributed by atoms with van der Waals surface area (Å²) < 4.78 is 54.6. The highest BCUT2D eigenvalue weighted by Gasteiger charge is 2.30. The molecule has 49 heavy (non-hydrogen) atoms. The van der Waals surface area contributed by atoms with Crippen molar-refractivity contribution in [3.63, 3.8) is 0 Å². The molecule has 0 amide bonds. The van der Waals surface area contributed by atoms with Crippen LogP contribution < -0.4 is 25.7 Å². The number of aryl methyl sites for hydroxylation is 2. The van der Waals surface area contributed by atoms with E-state index in [1.165, 1.54) is 6.26 Å². The molecule has 0 saturated carbocycles. The van der Waals surface area contributed by atoms with Crippen LogP contribution in [0, 0.1) is 36.3 Å². The minimum Gasteiger partial charge on any atom is -0.542 e. The van der Waals surface area contributed by atoms with E-state index in [0.717, 1.165) is 11.1 Å². The van der Waals surface area contributed by atoms with Gasteiger partial charge in [-0.15, -0.1) is 0 Å². The van der Waals surface area contributed by atoms with E-state index in [-0.39, 0.29) is 40.7 Å². The molecule has 262 valence electrons. The van der Waals surface area contributed by atoms with Gasteiger partial charge in [0.1, 0.15) is 11.7 Å². The molecule has 4 aromatic rings. The maximum absolute atomic E-state index is 14.0. The Hall–Kier alpha value is -5.71. The molecule has 5 N–H and O–H groups in total. The Labute approximate surface area is 276 Å². The number of rotatable bonds is 12. The van der Waals surface area contributed by atoms with E-state index >= 15 is 0 Å². The number of benzene rings is 2. The Morgan fingerprint density at radius 1 is 1.10 bits per heavy atom. The van der Waals surface area contributed by atoms with Crippen LogP contribution in [0.2, 0.25) is 0 Å². The molecular formula is C32H33F3N4O10. The number of nitrogens with one attached hydrogen (secondary N) is 2. The van der Waals surface area contributed by atoms with Crippen LogP contribution in [-0.4, -0.2) is 47.9 Å². The maximum Gasteiger partial charge on any atom is 0.430 e. The van der Waals surface area contributed by atoms with E-state index in [0.29, 0.717) is 47.3 Å². The third kappa shape index (κ3) is 9.44. The smallest absolute Gasteiger partial charge is 0.430 e. The molecule has 0 radical (unpaired) electrons. The van der Waals surface area contributed by atoms with E-state index in [1.54, 1.807) is 55.9 Å². The van der Waals surface area contributed by atoms with Crippen LogP contribution in [0.1, 0.15) is 58.3 Å². The van der Waals surface area contributed by atoms with Crippen LogP contribution in [0.15, 0.2) is 51.5 Å². The highest BCUT2D eigenvalue weighted by Crippen LogP contribution is 2.41. The van der Waals surface area contributed by atoms with Crippen molar-refractivity contribution in [1.29, 1.82) is 5.41 Å². The second-order valence-corrected chi connectivity index (χ2v) is 10.8. The molecule has 4 rings (SSSR count). The van der Waals surface area contributed by atoms with E-state index in [4.69, 9.17) is 33.6 Å². The van der Waals surface area contributed by atoms with Crippen molar-refractivity contribution >= 4 is 34.5 Å².